The van der Waals surface area contributed by atoms with Gasteiger partial charge in [-0.2, -0.15) is 0 Å². The minimum absolute atomic E-state index is 0.0372. The molecular weight excluding hydrogens is 290 g/mol. The molecule has 0 aliphatic carbocycles. The van der Waals surface area contributed by atoms with Gasteiger partial charge in [-0.15, -0.1) is 10.2 Å². The van der Waals surface area contributed by atoms with Crippen molar-refractivity contribution in [2.45, 2.75) is 6.92 Å². The number of hydrogen-bond acceptors (Lipinski definition) is 7. The van der Waals surface area contributed by atoms with E-state index in [4.69, 9.17) is 0 Å². The summed E-state index contributed by atoms with van der Waals surface area (Å²) >= 11 is 1.12. The fourth-order valence-electron chi connectivity index (χ4n) is 1.09. The number of carbonyl (C=O) groups excluding carboxylic acids is 1. The molecule has 0 bridgehead atoms. The van der Waals surface area contributed by atoms with Crippen molar-refractivity contribution in [2.75, 3.05) is 38.3 Å². The summed E-state index contributed by atoms with van der Waals surface area (Å²) in [6.45, 7) is 2.64. The Hall–Kier alpha value is -1.26. The number of rotatable bonds is 7. The Morgan fingerprint density at radius 1 is 1.37 bits per heavy atom. The van der Waals surface area contributed by atoms with Crippen molar-refractivity contribution in [3.8, 4) is 0 Å². The molecule has 19 heavy (non-hydrogen) atoms. The third-order valence-corrected chi connectivity index (χ3v) is 4.86. The van der Waals surface area contributed by atoms with E-state index in [1.54, 1.807) is 0 Å². The molecule has 10 heteroatoms. The minimum Gasteiger partial charge on any atom is -0.360 e. The first-order valence-corrected chi connectivity index (χ1v) is 8.05. The van der Waals surface area contributed by atoms with Crippen LogP contribution >= 0.6 is 11.3 Å². The Balaban J connectivity index is 2.47. The van der Waals surface area contributed by atoms with Crippen molar-refractivity contribution in [3.05, 3.63) is 5.01 Å². The van der Waals surface area contributed by atoms with Crippen LogP contribution in [0.25, 0.3) is 0 Å². The lowest BCUT2D eigenvalue weighted by molar-refractivity contribution is 0.0955. The lowest BCUT2D eigenvalue weighted by atomic mass is 10.6. The smallest absolute Gasteiger partial charge is 0.282 e. The summed E-state index contributed by atoms with van der Waals surface area (Å²) in [7, 11) is -0.408. The Morgan fingerprint density at radius 3 is 2.63 bits per heavy atom. The van der Waals surface area contributed by atoms with Crippen molar-refractivity contribution < 1.29 is 13.2 Å². The van der Waals surface area contributed by atoms with E-state index in [0.717, 1.165) is 15.6 Å². The third-order valence-electron chi connectivity index (χ3n) is 2.15. The molecule has 1 rings (SSSR count). The number of aromatic nitrogens is 2. The molecular formula is C9H17N5O3S2. The van der Waals surface area contributed by atoms with Crippen molar-refractivity contribution in [1.82, 2.24) is 19.8 Å². The zero-order chi connectivity index (χ0) is 14.5. The average Bonchev–Trinajstić information content (AvgIpc) is 2.77. The van der Waals surface area contributed by atoms with E-state index in [2.05, 4.69) is 20.8 Å². The largest absolute Gasteiger partial charge is 0.360 e. The van der Waals surface area contributed by atoms with E-state index in [9.17, 15) is 13.2 Å². The van der Waals surface area contributed by atoms with Crippen LogP contribution in [-0.4, -0.2) is 61.8 Å². The van der Waals surface area contributed by atoms with Gasteiger partial charge >= 0.3 is 0 Å². The zero-order valence-corrected chi connectivity index (χ0v) is 12.6. The normalized spacial score (nSPS) is 11.6. The summed E-state index contributed by atoms with van der Waals surface area (Å²) in [4.78, 5) is 11.7. The molecule has 0 aliphatic heterocycles. The molecule has 0 atom stereocenters. The van der Waals surface area contributed by atoms with Crippen LogP contribution in [0.4, 0.5) is 5.13 Å². The summed E-state index contributed by atoms with van der Waals surface area (Å²) in [6, 6.07) is 0. The van der Waals surface area contributed by atoms with Gasteiger partial charge in [0.1, 0.15) is 0 Å². The predicted molar refractivity (Wildman–Crippen MR) is 73.9 cm³/mol. The molecule has 0 aliphatic rings. The lowest BCUT2D eigenvalue weighted by Crippen LogP contribution is -2.33. The highest BCUT2D eigenvalue weighted by molar-refractivity contribution is 7.89. The second-order valence-electron chi connectivity index (χ2n) is 3.80. The molecule has 1 amide bonds. The van der Waals surface area contributed by atoms with Gasteiger partial charge in [0.2, 0.25) is 20.2 Å². The first-order valence-electron chi connectivity index (χ1n) is 5.62. The van der Waals surface area contributed by atoms with Gasteiger partial charge in [-0.1, -0.05) is 11.3 Å². The van der Waals surface area contributed by atoms with Crippen LogP contribution < -0.4 is 10.6 Å². The van der Waals surface area contributed by atoms with Gasteiger partial charge in [-0.05, 0) is 6.92 Å². The van der Waals surface area contributed by atoms with Crippen LogP contribution in [0.1, 0.15) is 16.7 Å². The third kappa shape index (κ3) is 4.73. The Bertz CT molecular complexity index is 526. The first kappa shape index (κ1) is 15.8. The molecule has 2 N–H and O–H groups in total. The van der Waals surface area contributed by atoms with Gasteiger partial charge in [0.05, 0.1) is 5.75 Å². The Labute approximate surface area is 116 Å². The van der Waals surface area contributed by atoms with Crippen molar-refractivity contribution in [2.24, 2.45) is 0 Å². The highest BCUT2D eigenvalue weighted by Crippen LogP contribution is 2.14. The standard InChI is InChI=1S/C9H17N5O3S2/c1-4-10-9-13-12-8(18-9)7(15)11-5-6-19(16,17)14(2)3/h4-6H2,1-3H3,(H,10,13)(H,11,15). The van der Waals surface area contributed by atoms with Gasteiger partial charge in [0.25, 0.3) is 5.91 Å². The van der Waals surface area contributed by atoms with E-state index in [1.165, 1.54) is 14.1 Å². The maximum Gasteiger partial charge on any atom is 0.282 e. The van der Waals surface area contributed by atoms with E-state index in [-0.39, 0.29) is 17.3 Å². The van der Waals surface area contributed by atoms with Crippen LogP contribution in [0, 0.1) is 0 Å². The van der Waals surface area contributed by atoms with Crippen LogP contribution in [-0.2, 0) is 10.0 Å². The van der Waals surface area contributed by atoms with Gasteiger partial charge in [0, 0.05) is 27.2 Å². The van der Waals surface area contributed by atoms with Gasteiger partial charge in [0.15, 0.2) is 0 Å². The molecule has 0 radical (unpaired) electrons. The van der Waals surface area contributed by atoms with Gasteiger partial charge < -0.3 is 10.6 Å². The quantitative estimate of drug-likeness (QED) is 0.710. The monoisotopic (exact) mass is 307 g/mol. The molecule has 108 valence electrons. The predicted octanol–water partition coefficient (Wildman–Crippen LogP) is -0.409. The second-order valence-corrected chi connectivity index (χ2v) is 7.08. The molecule has 0 spiro atoms. The molecule has 0 aromatic carbocycles. The van der Waals surface area contributed by atoms with Gasteiger partial charge in [-0.3, -0.25) is 4.79 Å². The van der Waals surface area contributed by atoms with E-state index in [0.29, 0.717) is 11.7 Å². The summed E-state index contributed by atoms with van der Waals surface area (Å²) in [5.41, 5.74) is 0. The molecule has 0 fully saturated rings. The molecule has 1 aromatic rings. The van der Waals surface area contributed by atoms with E-state index < -0.39 is 15.9 Å². The van der Waals surface area contributed by atoms with Crippen LogP contribution in [0.15, 0.2) is 0 Å². The second kappa shape index (κ2) is 6.78. The number of anilines is 1. The van der Waals surface area contributed by atoms with Crippen LogP contribution in [0.5, 0.6) is 0 Å². The summed E-state index contributed by atoms with van der Waals surface area (Å²) in [5, 5.41) is 13.7. The lowest BCUT2D eigenvalue weighted by Gasteiger charge is -2.10. The van der Waals surface area contributed by atoms with E-state index in [1.807, 2.05) is 6.92 Å². The average molecular weight is 307 g/mol. The summed E-state index contributed by atoms with van der Waals surface area (Å²) < 4.78 is 24.1. The summed E-state index contributed by atoms with van der Waals surface area (Å²) in [6.07, 6.45) is 0. The molecule has 0 unspecified atom stereocenters. The highest BCUT2D eigenvalue weighted by Gasteiger charge is 2.16. The number of sulfonamides is 1. The number of nitrogens with zero attached hydrogens (tertiary/aromatic N) is 3. The van der Waals surface area contributed by atoms with E-state index >= 15 is 0 Å². The summed E-state index contributed by atoms with van der Waals surface area (Å²) in [5.74, 6) is -0.569. The van der Waals surface area contributed by atoms with Crippen molar-refractivity contribution >= 4 is 32.4 Å². The Kier molecular flexibility index (Phi) is 5.63. The molecule has 0 saturated heterocycles. The number of amides is 1. The van der Waals surface area contributed by atoms with Gasteiger partial charge in [-0.25, -0.2) is 12.7 Å². The fourth-order valence-corrected chi connectivity index (χ4v) is 2.54. The molecule has 8 nitrogen and oxygen atoms in total. The van der Waals surface area contributed by atoms with Crippen LogP contribution in [0.2, 0.25) is 0 Å². The highest BCUT2D eigenvalue weighted by atomic mass is 32.2. The Morgan fingerprint density at radius 2 is 2.05 bits per heavy atom. The fraction of sp³-hybridized carbons (Fsp3) is 0.667. The minimum atomic E-state index is -3.31. The van der Waals surface area contributed by atoms with Crippen molar-refractivity contribution in [3.63, 3.8) is 0 Å². The number of carbonyl (C=O) groups is 1. The SMILES string of the molecule is CCNc1nnc(C(=O)NCCS(=O)(=O)N(C)C)s1. The van der Waals surface area contributed by atoms with Crippen LogP contribution in [0.3, 0.4) is 0 Å². The maximum absolute atomic E-state index is 11.7. The van der Waals surface area contributed by atoms with Crippen molar-refractivity contribution in [1.29, 1.82) is 0 Å². The molecule has 1 aromatic heterocycles. The maximum atomic E-state index is 11.7. The first-order chi connectivity index (χ1) is 8.86. The molecule has 0 saturated carbocycles. The number of nitrogens with one attached hydrogen (secondary N) is 2. The topological polar surface area (TPSA) is 104 Å². The number of hydrogen-bond donors (Lipinski definition) is 2. The molecule has 1 heterocycles. The zero-order valence-electron chi connectivity index (χ0n) is 11.0.